The SMILES string of the molecule is CN(C)CCn1c(=O)oc2cccc(N3CCNCC3)c21. The van der Waals surface area contributed by atoms with Crippen LogP contribution >= 0.6 is 0 Å². The highest BCUT2D eigenvalue weighted by molar-refractivity contribution is 5.87. The summed E-state index contributed by atoms with van der Waals surface area (Å²) in [5, 5.41) is 3.35. The lowest BCUT2D eigenvalue weighted by Gasteiger charge is -2.30. The van der Waals surface area contributed by atoms with E-state index in [0.29, 0.717) is 12.1 Å². The van der Waals surface area contributed by atoms with Gasteiger partial charge < -0.3 is 19.5 Å². The molecule has 1 aliphatic rings. The number of hydrogen-bond donors (Lipinski definition) is 1. The fourth-order valence-electron chi connectivity index (χ4n) is 2.77. The summed E-state index contributed by atoms with van der Waals surface area (Å²) < 4.78 is 7.17. The Morgan fingerprint density at radius 2 is 2.05 bits per heavy atom. The Bertz CT molecular complexity index is 668. The van der Waals surface area contributed by atoms with E-state index in [1.807, 2.05) is 26.2 Å². The topological polar surface area (TPSA) is 53.7 Å². The van der Waals surface area contributed by atoms with Crippen molar-refractivity contribution >= 4 is 16.8 Å². The van der Waals surface area contributed by atoms with Crippen LogP contribution in [0, 0.1) is 0 Å². The van der Waals surface area contributed by atoms with Gasteiger partial charge in [0, 0.05) is 39.3 Å². The van der Waals surface area contributed by atoms with Crippen molar-refractivity contribution in [3.8, 4) is 0 Å². The molecular weight excluding hydrogens is 268 g/mol. The Morgan fingerprint density at radius 3 is 2.76 bits per heavy atom. The Hall–Kier alpha value is -1.79. The van der Waals surface area contributed by atoms with Crippen molar-refractivity contribution in [2.24, 2.45) is 0 Å². The number of nitrogens with one attached hydrogen (secondary N) is 1. The minimum atomic E-state index is -0.269. The zero-order valence-electron chi connectivity index (χ0n) is 12.6. The molecular formula is C15H22N4O2. The molecule has 0 atom stereocenters. The lowest BCUT2D eigenvalue weighted by atomic mass is 10.2. The van der Waals surface area contributed by atoms with Crippen LogP contribution in [0.15, 0.2) is 27.4 Å². The molecule has 1 aliphatic heterocycles. The third-order valence-corrected chi connectivity index (χ3v) is 3.89. The second-order valence-electron chi connectivity index (χ2n) is 5.68. The molecule has 6 heteroatoms. The molecule has 0 spiro atoms. The average Bonchev–Trinajstić information content (AvgIpc) is 2.81. The number of benzene rings is 1. The number of oxazole rings is 1. The molecule has 0 bridgehead atoms. The number of fused-ring (bicyclic) bond motifs is 1. The smallest absolute Gasteiger partial charge is 0.408 e. The molecule has 0 unspecified atom stereocenters. The molecule has 0 radical (unpaired) electrons. The number of nitrogens with zero attached hydrogens (tertiary/aromatic N) is 3. The van der Waals surface area contributed by atoms with E-state index < -0.39 is 0 Å². The maximum atomic E-state index is 12.1. The van der Waals surface area contributed by atoms with E-state index in [1.165, 1.54) is 0 Å². The van der Waals surface area contributed by atoms with E-state index in [0.717, 1.165) is 43.9 Å². The molecule has 1 saturated heterocycles. The number of likely N-dealkylation sites (N-methyl/N-ethyl adjacent to an activating group) is 1. The van der Waals surface area contributed by atoms with Crippen molar-refractivity contribution in [1.82, 2.24) is 14.8 Å². The first-order valence-electron chi connectivity index (χ1n) is 7.39. The van der Waals surface area contributed by atoms with Gasteiger partial charge in [0.05, 0.1) is 5.69 Å². The molecule has 2 heterocycles. The maximum Gasteiger partial charge on any atom is 0.420 e. The second kappa shape index (κ2) is 5.91. The van der Waals surface area contributed by atoms with Crippen LogP contribution < -0.4 is 16.0 Å². The van der Waals surface area contributed by atoms with E-state index in [2.05, 4.69) is 21.2 Å². The summed E-state index contributed by atoms with van der Waals surface area (Å²) in [5.74, 6) is -0.269. The highest BCUT2D eigenvalue weighted by Gasteiger charge is 2.18. The standard InChI is InChI=1S/C15H22N4O2/c1-17(2)10-11-19-14-12(18-8-6-16-7-9-18)4-3-5-13(14)21-15(19)20/h3-5,16H,6-11H2,1-2H3. The van der Waals surface area contributed by atoms with Crippen LogP contribution in [0.4, 0.5) is 5.69 Å². The van der Waals surface area contributed by atoms with Gasteiger partial charge in [-0.15, -0.1) is 0 Å². The Balaban J connectivity index is 2.05. The van der Waals surface area contributed by atoms with Gasteiger partial charge >= 0.3 is 5.76 Å². The molecule has 1 aromatic heterocycles. The van der Waals surface area contributed by atoms with Crippen molar-refractivity contribution in [2.75, 3.05) is 51.7 Å². The fourth-order valence-corrected chi connectivity index (χ4v) is 2.77. The largest absolute Gasteiger partial charge is 0.420 e. The molecule has 0 saturated carbocycles. The number of para-hydroxylation sites is 1. The predicted octanol–water partition coefficient (Wildman–Crippen LogP) is 0.566. The molecule has 2 aromatic rings. The van der Waals surface area contributed by atoms with Crippen LogP contribution in [0.3, 0.4) is 0 Å². The van der Waals surface area contributed by atoms with Gasteiger partial charge in [-0.1, -0.05) is 6.07 Å². The molecule has 0 amide bonds. The van der Waals surface area contributed by atoms with Crippen molar-refractivity contribution in [3.05, 3.63) is 28.7 Å². The highest BCUT2D eigenvalue weighted by Crippen LogP contribution is 2.26. The Kier molecular flexibility index (Phi) is 3.98. The molecule has 1 fully saturated rings. The molecule has 0 aliphatic carbocycles. The molecule has 1 N–H and O–H groups in total. The average molecular weight is 290 g/mol. The summed E-state index contributed by atoms with van der Waals surface area (Å²) in [7, 11) is 4.01. The number of hydrogen-bond acceptors (Lipinski definition) is 5. The first-order valence-corrected chi connectivity index (χ1v) is 7.39. The van der Waals surface area contributed by atoms with Crippen LogP contribution in [-0.2, 0) is 6.54 Å². The Labute approximate surface area is 123 Å². The summed E-state index contributed by atoms with van der Waals surface area (Å²) >= 11 is 0. The minimum absolute atomic E-state index is 0.269. The van der Waals surface area contributed by atoms with Gasteiger partial charge in [-0.25, -0.2) is 4.79 Å². The van der Waals surface area contributed by atoms with Gasteiger partial charge in [0.1, 0.15) is 5.52 Å². The van der Waals surface area contributed by atoms with Crippen LogP contribution in [-0.4, -0.2) is 56.3 Å². The van der Waals surface area contributed by atoms with Crippen LogP contribution in [0.5, 0.6) is 0 Å². The number of aromatic nitrogens is 1. The summed E-state index contributed by atoms with van der Waals surface area (Å²) in [4.78, 5) is 16.5. The van der Waals surface area contributed by atoms with Crippen LogP contribution in [0.1, 0.15) is 0 Å². The first kappa shape index (κ1) is 14.2. The van der Waals surface area contributed by atoms with Gasteiger partial charge in [-0.2, -0.15) is 0 Å². The Morgan fingerprint density at radius 1 is 1.29 bits per heavy atom. The zero-order chi connectivity index (χ0) is 14.8. The second-order valence-corrected chi connectivity index (χ2v) is 5.68. The normalized spacial score (nSPS) is 16.0. The van der Waals surface area contributed by atoms with Gasteiger partial charge in [-0.05, 0) is 26.2 Å². The third-order valence-electron chi connectivity index (χ3n) is 3.89. The molecule has 21 heavy (non-hydrogen) atoms. The lowest BCUT2D eigenvalue weighted by Crippen LogP contribution is -2.43. The van der Waals surface area contributed by atoms with Crippen molar-refractivity contribution in [1.29, 1.82) is 0 Å². The third kappa shape index (κ3) is 2.82. The fraction of sp³-hybridized carbons (Fsp3) is 0.533. The van der Waals surface area contributed by atoms with E-state index in [-0.39, 0.29) is 5.76 Å². The first-order chi connectivity index (χ1) is 10.2. The zero-order valence-corrected chi connectivity index (χ0v) is 12.6. The van der Waals surface area contributed by atoms with Gasteiger partial charge in [0.2, 0.25) is 0 Å². The van der Waals surface area contributed by atoms with E-state index in [4.69, 9.17) is 4.42 Å². The van der Waals surface area contributed by atoms with Crippen molar-refractivity contribution in [3.63, 3.8) is 0 Å². The predicted molar refractivity (Wildman–Crippen MR) is 84.1 cm³/mol. The summed E-state index contributed by atoms with van der Waals surface area (Å²) in [6, 6.07) is 5.91. The summed E-state index contributed by atoms with van der Waals surface area (Å²) in [5.41, 5.74) is 2.69. The van der Waals surface area contributed by atoms with Gasteiger partial charge in [0.15, 0.2) is 5.58 Å². The van der Waals surface area contributed by atoms with Gasteiger partial charge in [-0.3, -0.25) is 4.57 Å². The minimum Gasteiger partial charge on any atom is -0.408 e. The number of rotatable bonds is 4. The monoisotopic (exact) mass is 290 g/mol. The van der Waals surface area contributed by atoms with Crippen molar-refractivity contribution < 1.29 is 4.42 Å². The number of piperazine rings is 1. The molecule has 3 rings (SSSR count). The van der Waals surface area contributed by atoms with E-state index in [1.54, 1.807) is 4.57 Å². The quantitative estimate of drug-likeness (QED) is 0.892. The number of anilines is 1. The summed E-state index contributed by atoms with van der Waals surface area (Å²) in [6.07, 6.45) is 0. The maximum absolute atomic E-state index is 12.1. The lowest BCUT2D eigenvalue weighted by molar-refractivity contribution is 0.374. The molecule has 114 valence electrons. The van der Waals surface area contributed by atoms with Crippen LogP contribution in [0.25, 0.3) is 11.1 Å². The van der Waals surface area contributed by atoms with Crippen molar-refractivity contribution in [2.45, 2.75) is 6.54 Å². The highest BCUT2D eigenvalue weighted by atomic mass is 16.4. The van der Waals surface area contributed by atoms with Gasteiger partial charge in [0.25, 0.3) is 0 Å². The van der Waals surface area contributed by atoms with Crippen LogP contribution in [0.2, 0.25) is 0 Å². The molecule has 1 aromatic carbocycles. The summed E-state index contributed by atoms with van der Waals surface area (Å²) in [6.45, 7) is 5.29. The van der Waals surface area contributed by atoms with E-state index >= 15 is 0 Å². The van der Waals surface area contributed by atoms with E-state index in [9.17, 15) is 4.79 Å². The molecule has 6 nitrogen and oxygen atoms in total.